The first kappa shape index (κ1) is 14.8. The summed E-state index contributed by atoms with van der Waals surface area (Å²) >= 11 is 0. The monoisotopic (exact) mass is 282 g/mol. The lowest BCUT2D eigenvalue weighted by atomic mass is 9.75. The van der Waals surface area contributed by atoms with Gasteiger partial charge in [0.1, 0.15) is 8.07 Å². The molecule has 2 heteroatoms. The molecule has 1 nitrogen and oxygen atoms in total. The first-order valence-corrected chi connectivity index (χ1v) is 10.7. The van der Waals surface area contributed by atoms with Gasteiger partial charge >= 0.3 is 0 Å². The van der Waals surface area contributed by atoms with Crippen molar-refractivity contribution < 1.29 is 4.79 Å². The van der Waals surface area contributed by atoms with Crippen molar-refractivity contribution in [3.63, 3.8) is 0 Å². The average molecular weight is 282 g/mol. The molecule has 0 N–H and O–H groups in total. The van der Waals surface area contributed by atoms with Gasteiger partial charge in [-0.25, -0.2) is 0 Å². The highest BCUT2D eigenvalue weighted by Crippen LogP contribution is 2.33. The van der Waals surface area contributed by atoms with Crippen LogP contribution in [0.2, 0.25) is 19.6 Å². The van der Waals surface area contributed by atoms with Crippen molar-refractivity contribution >= 4 is 13.9 Å². The second kappa shape index (κ2) is 5.81. The quantitative estimate of drug-likeness (QED) is 0.591. The minimum atomic E-state index is -1.40. The molecule has 0 aromatic heterocycles. The smallest absolute Gasteiger partial charge is 0.155 e. The van der Waals surface area contributed by atoms with E-state index in [9.17, 15) is 4.79 Å². The maximum Gasteiger partial charge on any atom is 0.155 e. The average Bonchev–Trinajstić information content (AvgIpc) is 2.40. The minimum Gasteiger partial charge on any atom is -0.295 e. The molecule has 1 aromatic carbocycles. The third-order valence-electron chi connectivity index (χ3n) is 3.45. The van der Waals surface area contributed by atoms with Gasteiger partial charge in [0.2, 0.25) is 0 Å². The Balaban J connectivity index is 2.32. The third-order valence-corrected chi connectivity index (χ3v) is 4.33. The summed E-state index contributed by atoms with van der Waals surface area (Å²) in [6.07, 6.45) is 6.12. The molecule has 1 aliphatic rings. The Morgan fingerprint density at radius 1 is 1.20 bits per heavy atom. The molecule has 0 fully saturated rings. The largest absolute Gasteiger partial charge is 0.295 e. The zero-order valence-electron chi connectivity index (χ0n) is 12.6. The topological polar surface area (TPSA) is 17.1 Å². The van der Waals surface area contributed by atoms with E-state index in [-0.39, 0.29) is 11.2 Å². The van der Waals surface area contributed by atoms with Crippen molar-refractivity contribution in [1.29, 1.82) is 0 Å². The van der Waals surface area contributed by atoms with Gasteiger partial charge in [-0.3, -0.25) is 4.79 Å². The lowest BCUT2D eigenvalue weighted by Gasteiger charge is -2.28. The first-order valence-electron chi connectivity index (χ1n) is 7.19. The molecule has 0 bridgehead atoms. The lowest BCUT2D eigenvalue weighted by Crippen LogP contribution is -2.26. The Morgan fingerprint density at radius 2 is 1.90 bits per heavy atom. The van der Waals surface area contributed by atoms with Crippen LogP contribution in [-0.4, -0.2) is 13.9 Å². The van der Waals surface area contributed by atoms with E-state index in [1.165, 1.54) is 5.56 Å². The third kappa shape index (κ3) is 4.21. The van der Waals surface area contributed by atoms with E-state index in [0.29, 0.717) is 6.42 Å². The second-order valence-electron chi connectivity index (χ2n) is 6.62. The summed E-state index contributed by atoms with van der Waals surface area (Å²) in [6.45, 7) is 6.77. The van der Waals surface area contributed by atoms with Crippen molar-refractivity contribution in [2.75, 3.05) is 0 Å². The van der Waals surface area contributed by atoms with Crippen molar-refractivity contribution in [2.24, 2.45) is 5.41 Å². The van der Waals surface area contributed by atoms with Gasteiger partial charge in [-0.1, -0.05) is 62.0 Å². The van der Waals surface area contributed by atoms with Crippen molar-refractivity contribution in [3.8, 4) is 11.5 Å². The summed E-state index contributed by atoms with van der Waals surface area (Å²) in [5.41, 5.74) is 4.62. The van der Waals surface area contributed by atoms with Crippen LogP contribution in [-0.2, 0) is 11.2 Å². The van der Waals surface area contributed by atoms with E-state index < -0.39 is 8.07 Å². The van der Waals surface area contributed by atoms with Gasteiger partial charge in [0.05, 0.1) is 5.41 Å². The van der Waals surface area contributed by atoms with E-state index in [2.05, 4.69) is 55.4 Å². The fraction of sp³-hybridized carbons (Fsp3) is 0.389. The predicted octanol–water partition coefficient (Wildman–Crippen LogP) is 4.02. The number of hydrogen-bond acceptors (Lipinski definition) is 1. The summed E-state index contributed by atoms with van der Waals surface area (Å²) in [7, 11) is -1.40. The number of allylic oxidation sites excluding steroid dienone is 2. The number of rotatable bonds is 2. The molecule has 0 heterocycles. The second-order valence-corrected chi connectivity index (χ2v) is 11.4. The molecule has 104 valence electrons. The number of benzene rings is 1. The molecule has 0 radical (unpaired) electrons. The fourth-order valence-corrected chi connectivity index (χ4v) is 2.96. The SMILES string of the molecule is C[Si](C)(C)C#CC1(Cc2ccccc2)C=CC(=O)CC1. The standard InChI is InChI=1S/C18H22OSi/c1-20(2,3)14-13-18(11-9-17(19)10-12-18)15-16-7-5-4-6-8-16/h4-9,11H,10,12,15H2,1-3H3. The Bertz CT molecular complexity index is 569. The molecule has 1 aliphatic carbocycles. The minimum absolute atomic E-state index is 0.157. The highest BCUT2D eigenvalue weighted by Gasteiger charge is 2.29. The normalized spacial score (nSPS) is 22.2. The van der Waals surface area contributed by atoms with Crippen LogP contribution in [0.15, 0.2) is 42.5 Å². The Kier molecular flexibility index (Phi) is 4.30. The number of hydrogen-bond donors (Lipinski definition) is 0. The van der Waals surface area contributed by atoms with Gasteiger partial charge in [-0.15, -0.1) is 5.54 Å². The van der Waals surface area contributed by atoms with Gasteiger partial charge < -0.3 is 0 Å². The Hall–Kier alpha value is -1.59. The number of ketones is 1. The molecule has 1 unspecified atom stereocenters. The molecule has 0 amide bonds. The molecular weight excluding hydrogens is 260 g/mol. The summed E-state index contributed by atoms with van der Waals surface area (Å²) in [6, 6.07) is 10.4. The maximum atomic E-state index is 11.5. The summed E-state index contributed by atoms with van der Waals surface area (Å²) < 4.78 is 0. The van der Waals surface area contributed by atoms with E-state index in [0.717, 1.165) is 12.8 Å². The van der Waals surface area contributed by atoms with Crippen LogP contribution in [0.25, 0.3) is 0 Å². The highest BCUT2D eigenvalue weighted by atomic mass is 28.3. The van der Waals surface area contributed by atoms with Crippen molar-refractivity contribution in [3.05, 3.63) is 48.0 Å². The van der Waals surface area contributed by atoms with Gasteiger partial charge in [-0.2, -0.15) is 0 Å². The summed E-state index contributed by atoms with van der Waals surface area (Å²) in [5.74, 6) is 3.74. The van der Waals surface area contributed by atoms with Crippen LogP contribution in [0.1, 0.15) is 18.4 Å². The molecule has 0 spiro atoms. The van der Waals surface area contributed by atoms with Gasteiger partial charge in [0.15, 0.2) is 5.78 Å². The zero-order chi connectivity index (χ0) is 14.6. The van der Waals surface area contributed by atoms with E-state index in [1.807, 2.05) is 12.1 Å². The fourth-order valence-electron chi connectivity index (χ4n) is 2.33. The van der Waals surface area contributed by atoms with Gasteiger partial charge in [0.25, 0.3) is 0 Å². The molecule has 0 saturated carbocycles. The van der Waals surface area contributed by atoms with Crippen LogP contribution in [0.3, 0.4) is 0 Å². The molecular formula is C18H22OSi. The molecule has 20 heavy (non-hydrogen) atoms. The van der Waals surface area contributed by atoms with Gasteiger partial charge in [-0.05, 0) is 24.5 Å². The van der Waals surface area contributed by atoms with E-state index in [1.54, 1.807) is 6.08 Å². The number of carbonyl (C=O) groups excluding carboxylic acids is 1. The molecule has 1 aromatic rings. The van der Waals surface area contributed by atoms with E-state index in [4.69, 9.17) is 0 Å². The summed E-state index contributed by atoms with van der Waals surface area (Å²) in [4.78, 5) is 11.5. The molecule has 1 atom stereocenters. The van der Waals surface area contributed by atoms with Crippen molar-refractivity contribution in [2.45, 2.75) is 38.9 Å². The van der Waals surface area contributed by atoms with Crippen LogP contribution in [0, 0.1) is 16.9 Å². The van der Waals surface area contributed by atoms with E-state index >= 15 is 0 Å². The van der Waals surface area contributed by atoms with Crippen LogP contribution in [0.4, 0.5) is 0 Å². The zero-order valence-corrected chi connectivity index (χ0v) is 13.6. The van der Waals surface area contributed by atoms with Crippen molar-refractivity contribution in [1.82, 2.24) is 0 Å². The Morgan fingerprint density at radius 3 is 2.45 bits per heavy atom. The summed E-state index contributed by atoms with van der Waals surface area (Å²) in [5, 5.41) is 0. The van der Waals surface area contributed by atoms with Crippen LogP contribution >= 0.6 is 0 Å². The molecule has 0 aliphatic heterocycles. The van der Waals surface area contributed by atoms with Crippen LogP contribution < -0.4 is 0 Å². The maximum absolute atomic E-state index is 11.5. The lowest BCUT2D eigenvalue weighted by molar-refractivity contribution is -0.115. The molecule has 0 saturated heterocycles. The Labute approximate surface area is 123 Å². The highest BCUT2D eigenvalue weighted by molar-refractivity contribution is 6.83. The van der Waals surface area contributed by atoms with Gasteiger partial charge in [0, 0.05) is 6.42 Å². The predicted molar refractivity (Wildman–Crippen MR) is 87.1 cm³/mol. The molecule has 2 rings (SSSR count). The first-order chi connectivity index (χ1) is 9.39. The van der Waals surface area contributed by atoms with Crippen LogP contribution in [0.5, 0.6) is 0 Å². The number of carbonyl (C=O) groups is 1.